The van der Waals surface area contributed by atoms with Crippen molar-refractivity contribution in [2.75, 3.05) is 11.4 Å². The number of halogens is 1. The summed E-state index contributed by atoms with van der Waals surface area (Å²) in [5.74, 6) is 0.982. The summed E-state index contributed by atoms with van der Waals surface area (Å²) in [4.78, 5) is 31.2. The number of imidazole rings is 1. The van der Waals surface area contributed by atoms with Crippen LogP contribution in [0.3, 0.4) is 0 Å². The highest BCUT2D eigenvalue weighted by Gasteiger charge is 2.32. The van der Waals surface area contributed by atoms with Gasteiger partial charge in [0, 0.05) is 11.9 Å². The fraction of sp³-hybridized carbons (Fsp3) is 0.238. The molecule has 2 aromatic heterocycles. The predicted molar refractivity (Wildman–Crippen MR) is 108 cm³/mol. The van der Waals surface area contributed by atoms with Gasteiger partial charge in [-0.15, -0.1) is 0 Å². The Morgan fingerprint density at radius 3 is 3.03 bits per heavy atom. The van der Waals surface area contributed by atoms with E-state index in [2.05, 4.69) is 25.3 Å². The van der Waals surface area contributed by atoms with Crippen LogP contribution in [0.2, 0.25) is 0 Å². The highest BCUT2D eigenvalue weighted by atomic mass is 19.1. The number of nitrogens with zero attached hydrogens (tertiary/aromatic N) is 4. The highest BCUT2D eigenvalue weighted by molar-refractivity contribution is 5.93. The van der Waals surface area contributed by atoms with Crippen LogP contribution in [0.5, 0.6) is 0 Å². The summed E-state index contributed by atoms with van der Waals surface area (Å²) in [6.45, 7) is 1.02. The molecule has 8 heteroatoms. The van der Waals surface area contributed by atoms with Crippen molar-refractivity contribution in [1.82, 2.24) is 25.3 Å². The maximum Gasteiger partial charge on any atom is 0.243 e. The quantitative estimate of drug-likeness (QED) is 0.560. The molecule has 0 bridgehead atoms. The third kappa shape index (κ3) is 3.26. The second kappa shape index (κ2) is 7.12. The monoisotopic (exact) mass is 390 g/mol. The number of fused-ring (bicyclic) bond motifs is 2. The van der Waals surface area contributed by atoms with Gasteiger partial charge in [0.05, 0.1) is 23.1 Å². The third-order valence-corrected chi connectivity index (χ3v) is 5.27. The van der Waals surface area contributed by atoms with Crippen molar-refractivity contribution in [3.8, 4) is 0 Å². The number of hydrogen-bond donors (Lipinski definition) is 2. The lowest BCUT2D eigenvalue weighted by molar-refractivity contribution is -0.122. The molecule has 0 unspecified atom stereocenters. The molecule has 1 atom stereocenters. The van der Waals surface area contributed by atoms with Gasteiger partial charge < -0.3 is 15.2 Å². The van der Waals surface area contributed by atoms with Gasteiger partial charge in [-0.05, 0) is 43.2 Å². The Labute approximate surface area is 166 Å². The molecule has 146 valence electrons. The fourth-order valence-corrected chi connectivity index (χ4v) is 3.92. The topological polar surface area (TPSA) is 86.8 Å². The number of aromatic amines is 1. The number of nitrogens with one attached hydrogen (secondary N) is 2. The average molecular weight is 390 g/mol. The van der Waals surface area contributed by atoms with Crippen LogP contribution in [0.25, 0.3) is 21.9 Å². The van der Waals surface area contributed by atoms with E-state index in [1.807, 2.05) is 29.2 Å². The minimum Gasteiger partial charge on any atom is -0.347 e. The summed E-state index contributed by atoms with van der Waals surface area (Å²) in [5, 5.41) is 3.89. The molecule has 0 radical (unpaired) electrons. The zero-order valence-corrected chi connectivity index (χ0v) is 15.6. The molecule has 2 aromatic carbocycles. The lowest BCUT2D eigenvalue weighted by Crippen LogP contribution is -2.43. The third-order valence-electron chi connectivity index (χ3n) is 5.27. The second-order valence-corrected chi connectivity index (χ2v) is 7.13. The van der Waals surface area contributed by atoms with E-state index in [-0.39, 0.29) is 24.3 Å². The van der Waals surface area contributed by atoms with Crippen molar-refractivity contribution in [1.29, 1.82) is 0 Å². The van der Waals surface area contributed by atoms with Gasteiger partial charge in [-0.1, -0.05) is 12.1 Å². The normalized spacial score (nSPS) is 16.6. The Hall–Kier alpha value is -3.55. The standard InChI is InChI=1S/C21H19FN6O/c22-13-7-8-16-17(10-13)27-19(26-16)11-23-21(29)18-6-3-9-28(18)20-14-4-1-2-5-15(14)24-12-25-20/h1-2,4-5,7-8,10,12,18H,3,6,9,11H2,(H,23,29)(H,26,27)/t18-/m0/s1. The molecule has 7 nitrogen and oxygen atoms in total. The van der Waals surface area contributed by atoms with Gasteiger partial charge in [0.1, 0.15) is 29.8 Å². The Morgan fingerprint density at radius 1 is 1.21 bits per heavy atom. The van der Waals surface area contributed by atoms with Crippen LogP contribution in [0.1, 0.15) is 18.7 Å². The average Bonchev–Trinajstić information content (AvgIpc) is 3.38. The first-order valence-corrected chi connectivity index (χ1v) is 9.57. The van der Waals surface area contributed by atoms with E-state index in [0.717, 1.165) is 36.1 Å². The zero-order chi connectivity index (χ0) is 19.8. The van der Waals surface area contributed by atoms with Crippen LogP contribution < -0.4 is 10.2 Å². The van der Waals surface area contributed by atoms with Crippen molar-refractivity contribution in [3.63, 3.8) is 0 Å². The molecule has 5 rings (SSSR count). The summed E-state index contributed by atoms with van der Waals surface area (Å²) in [5.41, 5.74) is 2.15. The molecule has 1 saturated heterocycles. The van der Waals surface area contributed by atoms with Gasteiger partial charge in [-0.25, -0.2) is 19.3 Å². The summed E-state index contributed by atoms with van der Waals surface area (Å²) in [7, 11) is 0. The molecule has 1 aliphatic heterocycles. The van der Waals surface area contributed by atoms with Crippen molar-refractivity contribution in [2.45, 2.75) is 25.4 Å². The number of anilines is 1. The number of rotatable bonds is 4. The van der Waals surface area contributed by atoms with E-state index in [9.17, 15) is 9.18 Å². The molecule has 0 aliphatic carbocycles. The fourth-order valence-electron chi connectivity index (χ4n) is 3.92. The lowest BCUT2D eigenvalue weighted by atomic mass is 10.2. The number of carbonyl (C=O) groups is 1. The molecule has 1 aliphatic rings. The van der Waals surface area contributed by atoms with E-state index >= 15 is 0 Å². The van der Waals surface area contributed by atoms with Crippen molar-refractivity contribution in [3.05, 3.63) is 60.4 Å². The van der Waals surface area contributed by atoms with E-state index in [1.54, 1.807) is 12.4 Å². The maximum absolute atomic E-state index is 13.3. The van der Waals surface area contributed by atoms with Crippen LogP contribution in [0, 0.1) is 5.82 Å². The van der Waals surface area contributed by atoms with Crippen LogP contribution in [-0.2, 0) is 11.3 Å². The summed E-state index contributed by atoms with van der Waals surface area (Å²) < 4.78 is 13.3. The first-order valence-electron chi connectivity index (χ1n) is 9.57. The first-order chi connectivity index (χ1) is 14.2. The molecule has 29 heavy (non-hydrogen) atoms. The number of carbonyl (C=O) groups excluding carboxylic acids is 1. The number of H-pyrrole nitrogens is 1. The Morgan fingerprint density at radius 2 is 2.10 bits per heavy atom. The zero-order valence-electron chi connectivity index (χ0n) is 15.6. The van der Waals surface area contributed by atoms with Gasteiger partial charge in [-0.3, -0.25) is 4.79 Å². The number of aromatic nitrogens is 4. The molecule has 0 spiro atoms. The van der Waals surface area contributed by atoms with E-state index in [4.69, 9.17) is 0 Å². The molecule has 4 aromatic rings. The summed E-state index contributed by atoms with van der Waals surface area (Å²) >= 11 is 0. The van der Waals surface area contributed by atoms with Gasteiger partial charge in [-0.2, -0.15) is 0 Å². The van der Waals surface area contributed by atoms with E-state index in [1.165, 1.54) is 12.1 Å². The Bertz CT molecular complexity index is 1200. The molecule has 2 N–H and O–H groups in total. The smallest absolute Gasteiger partial charge is 0.243 e. The van der Waals surface area contributed by atoms with Crippen molar-refractivity contribution >= 4 is 33.7 Å². The Kier molecular flexibility index (Phi) is 4.31. The molecular formula is C21H19FN6O. The van der Waals surface area contributed by atoms with Crippen LogP contribution >= 0.6 is 0 Å². The molecular weight excluding hydrogens is 371 g/mol. The first kappa shape index (κ1) is 17.5. The molecule has 3 heterocycles. The summed E-state index contributed by atoms with van der Waals surface area (Å²) in [6, 6.07) is 11.9. The van der Waals surface area contributed by atoms with Crippen molar-refractivity contribution < 1.29 is 9.18 Å². The van der Waals surface area contributed by atoms with Gasteiger partial charge in [0.15, 0.2) is 0 Å². The van der Waals surface area contributed by atoms with E-state index < -0.39 is 0 Å². The number of hydrogen-bond acceptors (Lipinski definition) is 5. The lowest BCUT2D eigenvalue weighted by Gasteiger charge is -2.25. The van der Waals surface area contributed by atoms with Gasteiger partial charge >= 0.3 is 0 Å². The number of benzene rings is 2. The van der Waals surface area contributed by atoms with E-state index in [0.29, 0.717) is 16.9 Å². The SMILES string of the molecule is O=C(NCc1nc2ccc(F)cc2[nH]1)[C@@H]1CCCN1c1ncnc2ccccc12. The van der Waals surface area contributed by atoms with Crippen LogP contribution in [0.15, 0.2) is 48.8 Å². The van der Waals surface area contributed by atoms with Crippen LogP contribution in [-0.4, -0.2) is 38.4 Å². The maximum atomic E-state index is 13.3. The minimum atomic E-state index is -0.324. The Balaban J connectivity index is 1.34. The number of para-hydroxylation sites is 1. The number of amides is 1. The van der Waals surface area contributed by atoms with Gasteiger partial charge in [0.2, 0.25) is 5.91 Å². The summed E-state index contributed by atoms with van der Waals surface area (Å²) in [6.07, 6.45) is 3.22. The largest absolute Gasteiger partial charge is 0.347 e. The minimum absolute atomic E-state index is 0.0724. The predicted octanol–water partition coefficient (Wildman–Crippen LogP) is 2.93. The van der Waals surface area contributed by atoms with Crippen LogP contribution in [0.4, 0.5) is 10.2 Å². The second-order valence-electron chi connectivity index (χ2n) is 7.13. The molecule has 1 amide bonds. The molecule has 0 saturated carbocycles. The molecule has 1 fully saturated rings. The van der Waals surface area contributed by atoms with Crippen molar-refractivity contribution in [2.24, 2.45) is 0 Å². The van der Waals surface area contributed by atoms with Gasteiger partial charge in [0.25, 0.3) is 0 Å². The highest BCUT2D eigenvalue weighted by Crippen LogP contribution is 2.29.